The van der Waals surface area contributed by atoms with Gasteiger partial charge in [0, 0.05) is 38.3 Å². The molecule has 2 heterocycles. The van der Waals surface area contributed by atoms with Crippen LogP contribution in [0.2, 0.25) is 0 Å². The van der Waals surface area contributed by atoms with Crippen LogP contribution in [0.1, 0.15) is 36.5 Å². The molecule has 6 heteroatoms. The van der Waals surface area contributed by atoms with E-state index in [-0.39, 0.29) is 11.9 Å². The maximum Gasteiger partial charge on any atom is 0.339 e. The van der Waals surface area contributed by atoms with Crippen molar-refractivity contribution in [1.29, 1.82) is 0 Å². The molecule has 1 aromatic heterocycles. The SMILES string of the molecule is CCOC(=O)c1ccc(N2CCN(C(=O)C3CCC3)CC2)nc1. The zero-order chi connectivity index (χ0) is 16.2. The highest BCUT2D eigenvalue weighted by Gasteiger charge is 2.31. The lowest BCUT2D eigenvalue weighted by Crippen LogP contribution is -2.51. The molecule has 0 unspecified atom stereocenters. The van der Waals surface area contributed by atoms with E-state index in [9.17, 15) is 9.59 Å². The summed E-state index contributed by atoms with van der Waals surface area (Å²) in [4.78, 5) is 32.4. The van der Waals surface area contributed by atoms with Gasteiger partial charge in [-0.3, -0.25) is 4.79 Å². The van der Waals surface area contributed by atoms with Gasteiger partial charge in [0.1, 0.15) is 5.82 Å². The van der Waals surface area contributed by atoms with Crippen molar-refractivity contribution in [2.75, 3.05) is 37.7 Å². The van der Waals surface area contributed by atoms with E-state index < -0.39 is 0 Å². The fourth-order valence-corrected chi connectivity index (χ4v) is 2.98. The molecule has 6 nitrogen and oxygen atoms in total. The number of carbonyl (C=O) groups excluding carboxylic acids is 2. The molecular weight excluding hydrogens is 294 g/mol. The Morgan fingerprint density at radius 3 is 2.48 bits per heavy atom. The fourth-order valence-electron chi connectivity index (χ4n) is 2.98. The molecule has 3 rings (SSSR count). The van der Waals surface area contributed by atoms with Crippen molar-refractivity contribution < 1.29 is 14.3 Å². The Hall–Kier alpha value is -2.11. The number of aromatic nitrogens is 1. The van der Waals surface area contributed by atoms with Crippen molar-refractivity contribution in [3.63, 3.8) is 0 Å². The molecule has 0 aromatic carbocycles. The zero-order valence-corrected chi connectivity index (χ0v) is 13.5. The number of amides is 1. The molecule has 124 valence electrons. The number of hydrogen-bond acceptors (Lipinski definition) is 5. The van der Waals surface area contributed by atoms with E-state index >= 15 is 0 Å². The van der Waals surface area contributed by atoms with Crippen LogP contribution >= 0.6 is 0 Å². The van der Waals surface area contributed by atoms with Gasteiger partial charge in [0.25, 0.3) is 0 Å². The Balaban J connectivity index is 1.55. The number of piperazine rings is 1. The van der Waals surface area contributed by atoms with Crippen LogP contribution in [0.3, 0.4) is 0 Å². The molecule has 1 saturated carbocycles. The van der Waals surface area contributed by atoms with E-state index in [2.05, 4.69) is 9.88 Å². The summed E-state index contributed by atoms with van der Waals surface area (Å²) < 4.78 is 4.96. The number of pyridine rings is 1. The average molecular weight is 317 g/mol. The average Bonchev–Trinajstić information content (AvgIpc) is 2.54. The standard InChI is InChI=1S/C17H23N3O3/c1-2-23-17(22)14-6-7-15(18-12-14)19-8-10-20(11-9-19)16(21)13-4-3-5-13/h6-7,12-13H,2-5,8-11H2,1H3. The molecular formula is C17H23N3O3. The van der Waals surface area contributed by atoms with Crippen LogP contribution in [-0.4, -0.2) is 54.5 Å². The molecule has 2 aliphatic rings. The van der Waals surface area contributed by atoms with Crippen LogP contribution in [-0.2, 0) is 9.53 Å². The summed E-state index contributed by atoms with van der Waals surface area (Å²) in [6, 6.07) is 3.59. The van der Waals surface area contributed by atoms with Crippen LogP contribution < -0.4 is 4.90 Å². The van der Waals surface area contributed by atoms with Gasteiger partial charge in [-0.2, -0.15) is 0 Å². The second-order valence-corrected chi connectivity index (χ2v) is 6.07. The third-order valence-corrected chi connectivity index (χ3v) is 4.63. The lowest BCUT2D eigenvalue weighted by atomic mass is 9.84. The summed E-state index contributed by atoms with van der Waals surface area (Å²) in [7, 11) is 0. The lowest BCUT2D eigenvalue weighted by molar-refractivity contribution is -0.138. The van der Waals surface area contributed by atoms with Gasteiger partial charge in [-0.1, -0.05) is 6.42 Å². The minimum atomic E-state index is -0.345. The van der Waals surface area contributed by atoms with Crippen LogP contribution in [0.15, 0.2) is 18.3 Å². The topological polar surface area (TPSA) is 62.7 Å². The quantitative estimate of drug-likeness (QED) is 0.791. The minimum absolute atomic E-state index is 0.267. The molecule has 1 saturated heterocycles. The smallest absolute Gasteiger partial charge is 0.339 e. The van der Waals surface area contributed by atoms with Crippen LogP contribution in [0.5, 0.6) is 0 Å². The number of carbonyl (C=O) groups is 2. The number of rotatable bonds is 4. The molecule has 1 aliphatic carbocycles. The highest BCUT2D eigenvalue weighted by atomic mass is 16.5. The number of esters is 1. The van der Waals surface area contributed by atoms with E-state index in [1.54, 1.807) is 19.2 Å². The number of nitrogens with zero attached hydrogens (tertiary/aromatic N) is 3. The van der Waals surface area contributed by atoms with Crippen molar-refractivity contribution in [1.82, 2.24) is 9.88 Å². The first-order valence-corrected chi connectivity index (χ1v) is 8.36. The van der Waals surface area contributed by atoms with Gasteiger partial charge in [0.05, 0.1) is 12.2 Å². The van der Waals surface area contributed by atoms with E-state index in [1.807, 2.05) is 11.0 Å². The predicted octanol–water partition coefficient (Wildman–Crippen LogP) is 1.71. The van der Waals surface area contributed by atoms with Gasteiger partial charge >= 0.3 is 5.97 Å². The van der Waals surface area contributed by atoms with Gasteiger partial charge in [0.15, 0.2) is 0 Å². The summed E-state index contributed by atoms with van der Waals surface area (Å²) in [5.74, 6) is 1.08. The molecule has 1 aromatic rings. The van der Waals surface area contributed by atoms with Crippen molar-refractivity contribution in [3.05, 3.63) is 23.9 Å². The molecule has 0 radical (unpaired) electrons. The normalized spacial score (nSPS) is 18.5. The summed E-state index contributed by atoms with van der Waals surface area (Å²) in [6.45, 7) is 5.20. The Kier molecular flexibility index (Phi) is 4.79. The van der Waals surface area contributed by atoms with E-state index in [1.165, 1.54) is 6.42 Å². The van der Waals surface area contributed by atoms with E-state index in [4.69, 9.17) is 4.74 Å². The molecule has 1 aliphatic heterocycles. The maximum atomic E-state index is 12.2. The molecule has 0 N–H and O–H groups in total. The maximum absolute atomic E-state index is 12.2. The summed E-state index contributed by atoms with van der Waals surface area (Å²) in [5, 5.41) is 0. The van der Waals surface area contributed by atoms with Crippen molar-refractivity contribution >= 4 is 17.7 Å². The monoisotopic (exact) mass is 317 g/mol. The largest absolute Gasteiger partial charge is 0.462 e. The summed E-state index contributed by atoms with van der Waals surface area (Å²) in [6.07, 6.45) is 4.85. The van der Waals surface area contributed by atoms with Gasteiger partial charge in [-0.05, 0) is 31.9 Å². The Morgan fingerprint density at radius 2 is 1.96 bits per heavy atom. The van der Waals surface area contributed by atoms with Gasteiger partial charge < -0.3 is 14.5 Å². The minimum Gasteiger partial charge on any atom is -0.462 e. The molecule has 0 spiro atoms. The zero-order valence-electron chi connectivity index (χ0n) is 13.5. The number of anilines is 1. The highest BCUT2D eigenvalue weighted by molar-refractivity contribution is 5.89. The Bertz CT molecular complexity index is 561. The van der Waals surface area contributed by atoms with Gasteiger partial charge in [0.2, 0.25) is 5.91 Å². The van der Waals surface area contributed by atoms with Crippen LogP contribution in [0.25, 0.3) is 0 Å². The molecule has 0 bridgehead atoms. The van der Waals surface area contributed by atoms with Crippen molar-refractivity contribution in [3.8, 4) is 0 Å². The third kappa shape index (κ3) is 3.46. The number of ether oxygens (including phenoxy) is 1. The van der Waals surface area contributed by atoms with Crippen molar-refractivity contribution in [2.45, 2.75) is 26.2 Å². The first-order chi connectivity index (χ1) is 11.2. The number of hydrogen-bond donors (Lipinski definition) is 0. The fraction of sp³-hybridized carbons (Fsp3) is 0.588. The van der Waals surface area contributed by atoms with Crippen molar-refractivity contribution in [2.24, 2.45) is 5.92 Å². The highest BCUT2D eigenvalue weighted by Crippen LogP contribution is 2.28. The molecule has 1 amide bonds. The Morgan fingerprint density at radius 1 is 1.22 bits per heavy atom. The first-order valence-electron chi connectivity index (χ1n) is 8.36. The predicted molar refractivity (Wildman–Crippen MR) is 86.3 cm³/mol. The lowest BCUT2D eigenvalue weighted by Gasteiger charge is -2.38. The van der Waals surface area contributed by atoms with Gasteiger partial charge in [-0.15, -0.1) is 0 Å². The Labute approximate surface area is 136 Å². The van der Waals surface area contributed by atoms with E-state index in [0.717, 1.165) is 44.8 Å². The first kappa shape index (κ1) is 15.8. The molecule has 23 heavy (non-hydrogen) atoms. The third-order valence-electron chi connectivity index (χ3n) is 4.63. The second kappa shape index (κ2) is 6.98. The van der Waals surface area contributed by atoms with E-state index in [0.29, 0.717) is 18.1 Å². The summed E-state index contributed by atoms with van der Waals surface area (Å²) in [5.41, 5.74) is 0.467. The summed E-state index contributed by atoms with van der Waals surface area (Å²) >= 11 is 0. The van der Waals surface area contributed by atoms with Crippen LogP contribution in [0, 0.1) is 5.92 Å². The second-order valence-electron chi connectivity index (χ2n) is 6.07. The van der Waals surface area contributed by atoms with Gasteiger partial charge in [-0.25, -0.2) is 9.78 Å². The van der Waals surface area contributed by atoms with Crippen LogP contribution in [0.4, 0.5) is 5.82 Å². The molecule has 0 atom stereocenters. The molecule has 2 fully saturated rings.